The Morgan fingerprint density at radius 1 is 1.04 bits per heavy atom. The molecular weight excluding hydrogens is 358 g/mol. The highest BCUT2D eigenvalue weighted by molar-refractivity contribution is 5.97. The van der Waals surface area contributed by atoms with E-state index in [0.29, 0.717) is 23.2 Å². The lowest BCUT2D eigenvalue weighted by atomic mass is 9.96. The Balaban J connectivity index is 1.62. The molecule has 0 bridgehead atoms. The largest absolute Gasteiger partial charge is 0.493 e. The van der Waals surface area contributed by atoms with Crippen molar-refractivity contribution in [3.05, 3.63) is 30.9 Å². The minimum absolute atomic E-state index is 0.542. The molecule has 3 heterocycles. The van der Waals surface area contributed by atoms with Crippen molar-refractivity contribution >= 4 is 16.7 Å². The van der Waals surface area contributed by atoms with E-state index in [2.05, 4.69) is 20.0 Å². The fourth-order valence-electron chi connectivity index (χ4n) is 3.90. The summed E-state index contributed by atoms with van der Waals surface area (Å²) >= 11 is 0. The van der Waals surface area contributed by atoms with Crippen LogP contribution in [0.5, 0.6) is 17.2 Å². The normalized spacial score (nSPS) is 15.0. The monoisotopic (exact) mass is 383 g/mol. The van der Waals surface area contributed by atoms with Crippen molar-refractivity contribution in [3.63, 3.8) is 0 Å². The van der Waals surface area contributed by atoms with Crippen LogP contribution in [0.4, 0.5) is 5.82 Å². The molecule has 0 amide bonds. The number of hydrogen-bond donors (Lipinski definition) is 0. The average Bonchev–Trinajstić information content (AvgIpc) is 3.25. The number of anilines is 1. The van der Waals surface area contributed by atoms with Crippen LogP contribution in [0.2, 0.25) is 0 Å². The Kier molecular flexibility index (Phi) is 5.18. The van der Waals surface area contributed by atoms with Crippen molar-refractivity contribution in [3.8, 4) is 17.2 Å². The number of hydrogen-bond acceptors (Lipinski definition) is 7. The van der Waals surface area contributed by atoms with E-state index in [4.69, 9.17) is 14.2 Å². The first-order chi connectivity index (χ1) is 13.7. The molecule has 3 aromatic rings. The third-order valence-electron chi connectivity index (χ3n) is 5.33. The fourth-order valence-corrected chi connectivity index (χ4v) is 3.90. The lowest BCUT2D eigenvalue weighted by molar-refractivity contribution is 0.326. The van der Waals surface area contributed by atoms with Gasteiger partial charge in [0.25, 0.3) is 0 Å². The van der Waals surface area contributed by atoms with E-state index < -0.39 is 0 Å². The van der Waals surface area contributed by atoms with Gasteiger partial charge in [-0.05, 0) is 30.9 Å². The van der Waals surface area contributed by atoms with Crippen molar-refractivity contribution < 1.29 is 14.2 Å². The molecule has 0 N–H and O–H groups in total. The second-order valence-electron chi connectivity index (χ2n) is 6.90. The van der Waals surface area contributed by atoms with Gasteiger partial charge in [0.2, 0.25) is 5.75 Å². The smallest absolute Gasteiger partial charge is 0.205 e. The van der Waals surface area contributed by atoms with Gasteiger partial charge in [0, 0.05) is 32.0 Å². The number of methoxy groups -OCH3 is 3. The maximum absolute atomic E-state index is 5.59. The van der Waals surface area contributed by atoms with Gasteiger partial charge < -0.3 is 19.1 Å². The summed E-state index contributed by atoms with van der Waals surface area (Å²) in [5.41, 5.74) is 0.726. The summed E-state index contributed by atoms with van der Waals surface area (Å²) in [7, 11) is 4.82. The zero-order chi connectivity index (χ0) is 19.5. The molecule has 1 aromatic carbocycles. The minimum Gasteiger partial charge on any atom is -0.493 e. The Bertz CT molecular complexity index is 937. The molecule has 8 nitrogen and oxygen atoms in total. The van der Waals surface area contributed by atoms with Crippen molar-refractivity contribution in [1.29, 1.82) is 0 Å². The SMILES string of the molecule is COc1cc2c(N3CCC(Cn4cccn4)CC3)ncnc2c(OC)c1OC. The summed E-state index contributed by atoms with van der Waals surface area (Å²) < 4.78 is 18.6. The van der Waals surface area contributed by atoms with Gasteiger partial charge in [-0.25, -0.2) is 9.97 Å². The van der Waals surface area contributed by atoms with E-state index in [1.807, 2.05) is 29.2 Å². The van der Waals surface area contributed by atoms with Gasteiger partial charge in [-0.2, -0.15) is 5.10 Å². The van der Waals surface area contributed by atoms with Gasteiger partial charge in [0.1, 0.15) is 17.7 Å². The quantitative estimate of drug-likeness (QED) is 0.648. The Morgan fingerprint density at radius 3 is 2.46 bits per heavy atom. The molecule has 0 unspecified atom stereocenters. The second-order valence-corrected chi connectivity index (χ2v) is 6.90. The second kappa shape index (κ2) is 7.92. The first-order valence-electron chi connectivity index (χ1n) is 9.41. The summed E-state index contributed by atoms with van der Waals surface area (Å²) in [6.45, 7) is 2.84. The van der Waals surface area contributed by atoms with E-state index >= 15 is 0 Å². The third-order valence-corrected chi connectivity index (χ3v) is 5.33. The summed E-state index contributed by atoms with van der Waals surface area (Å²) in [6.07, 6.45) is 7.63. The number of fused-ring (bicyclic) bond motifs is 1. The maximum Gasteiger partial charge on any atom is 0.205 e. The van der Waals surface area contributed by atoms with Gasteiger partial charge in [-0.15, -0.1) is 0 Å². The van der Waals surface area contributed by atoms with Gasteiger partial charge in [-0.1, -0.05) is 0 Å². The predicted octanol–water partition coefficient (Wildman–Crippen LogP) is 2.77. The predicted molar refractivity (Wildman–Crippen MR) is 106 cm³/mol. The van der Waals surface area contributed by atoms with Gasteiger partial charge in [-0.3, -0.25) is 4.68 Å². The minimum atomic E-state index is 0.542. The lowest BCUT2D eigenvalue weighted by Crippen LogP contribution is -2.35. The van der Waals surface area contributed by atoms with E-state index in [1.54, 1.807) is 27.7 Å². The number of piperidine rings is 1. The molecule has 1 fully saturated rings. The fraction of sp³-hybridized carbons (Fsp3) is 0.450. The van der Waals surface area contributed by atoms with Crippen LogP contribution in [-0.2, 0) is 6.54 Å². The molecular formula is C20H25N5O3. The molecule has 0 saturated carbocycles. The highest BCUT2D eigenvalue weighted by atomic mass is 16.5. The summed E-state index contributed by atoms with van der Waals surface area (Å²) in [5.74, 6) is 3.24. The Morgan fingerprint density at radius 2 is 1.82 bits per heavy atom. The molecule has 148 valence electrons. The number of benzene rings is 1. The number of ether oxygens (including phenoxy) is 3. The summed E-state index contributed by atoms with van der Waals surface area (Å²) in [5, 5.41) is 5.23. The van der Waals surface area contributed by atoms with Gasteiger partial charge in [0.15, 0.2) is 11.5 Å². The zero-order valence-electron chi connectivity index (χ0n) is 16.5. The lowest BCUT2D eigenvalue weighted by Gasteiger charge is -2.33. The number of nitrogens with zero attached hydrogens (tertiary/aromatic N) is 5. The standard InChI is InChI=1S/C20H25N5O3/c1-26-16-11-15-17(19(28-3)18(16)27-2)21-13-22-20(15)24-9-5-14(6-10-24)12-25-8-4-7-23-25/h4,7-8,11,13-14H,5-6,9-10,12H2,1-3H3. The highest BCUT2D eigenvalue weighted by Gasteiger charge is 2.25. The number of rotatable bonds is 6. The molecule has 28 heavy (non-hydrogen) atoms. The molecule has 0 aliphatic carbocycles. The molecule has 2 aromatic heterocycles. The van der Waals surface area contributed by atoms with Crippen LogP contribution < -0.4 is 19.1 Å². The van der Waals surface area contributed by atoms with Crippen LogP contribution in [-0.4, -0.2) is 54.2 Å². The van der Waals surface area contributed by atoms with Crippen molar-refractivity contribution in [1.82, 2.24) is 19.7 Å². The van der Waals surface area contributed by atoms with Crippen LogP contribution in [0, 0.1) is 5.92 Å². The van der Waals surface area contributed by atoms with E-state index in [0.717, 1.165) is 49.2 Å². The number of aromatic nitrogens is 4. The van der Waals surface area contributed by atoms with Crippen LogP contribution >= 0.6 is 0 Å². The molecule has 1 aliphatic heterocycles. The van der Waals surface area contributed by atoms with E-state index in [-0.39, 0.29) is 0 Å². The van der Waals surface area contributed by atoms with Gasteiger partial charge >= 0.3 is 0 Å². The first kappa shape index (κ1) is 18.3. The Hall–Kier alpha value is -3.03. The van der Waals surface area contributed by atoms with Crippen LogP contribution in [0.25, 0.3) is 10.9 Å². The van der Waals surface area contributed by atoms with Gasteiger partial charge in [0.05, 0.1) is 26.7 Å². The highest BCUT2D eigenvalue weighted by Crippen LogP contribution is 2.44. The van der Waals surface area contributed by atoms with Crippen molar-refractivity contribution in [2.45, 2.75) is 19.4 Å². The molecule has 1 saturated heterocycles. The summed E-state index contributed by atoms with van der Waals surface area (Å²) in [6, 6.07) is 3.90. The van der Waals surface area contributed by atoms with Crippen LogP contribution in [0.15, 0.2) is 30.9 Å². The first-order valence-corrected chi connectivity index (χ1v) is 9.41. The molecule has 0 atom stereocenters. The summed E-state index contributed by atoms with van der Waals surface area (Å²) in [4.78, 5) is 11.3. The van der Waals surface area contributed by atoms with Crippen LogP contribution in [0.1, 0.15) is 12.8 Å². The van der Waals surface area contributed by atoms with Crippen LogP contribution in [0.3, 0.4) is 0 Å². The molecule has 0 spiro atoms. The average molecular weight is 383 g/mol. The van der Waals surface area contributed by atoms with Crippen molar-refractivity contribution in [2.24, 2.45) is 5.92 Å². The molecule has 4 rings (SSSR count). The van der Waals surface area contributed by atoms with E-state index in [1.165, 1.54) is 0 Å². The maximum atomic E-state index is 5.59. The molecule has 1 aliphatic rings. The topological polar surface area (TPSA) is 74.5 Å². The third kappa shape index (κ3) is 3.30. The van der Waals surface area contributed by atoms with E-state index in [9.17, 15) is 0 Å². The molecule has 0 radical (unpaired) electrons. The van der Waals surface area contributed by atoms with Crippen molar-refractivity contribution in [2.75, 3.05) is 39.3 Å². The zero-order valence-corrected chi connectivity index (χ0v) is 16.5. The Labute approximate surface area is 164 Å². The molecule has 8 heteroatoms.